The van der Waals surface area contributed by atoms with Gasteiger partial charge in [0.15, 0.2) is 11.6 Å². The Morgan fingerprint density at radius 2 is 1.95 bits per heavy atom. The average Bonchev–Trinajstić information content (AvgIpc) is 2.95. The second kappa shape index (κ2) is 11.1. The molecule has 5 rings (SSSR count). The minimum atomic E-state index is -0.959. The maximum atomic E-state index is 11.6. The Hall–Kier alpha value is -4.40. The average molecular weight is 528 g/mol. The molecule has 1 saturated heterocycles. The van der Waals surface area contributed by atoms with E-state index < -0.39 is 11.4 Å². The van der Waals surface area contributed by atoms with Crippen LogP contribution in [0.25, 0.3) is 11.1 Å². The van der Waals surface area contributed by atoms with Crippen molar-refractivity contribution in [3.05, 3.63) is 84.2 Å². The fraction of sp³-hybridized carbons (Fsp3) is 0.333. The molecule has 0 spiro atoms. The number of pyridine rings is 1. The summed E-state index contributed by atoms with van der Waals surface area (Å²) >= 11 is 0. The number of aromatic nitrogens is 3. The molecule has 1 aliphatic heterocycles. The minimum Gasteiger partial charge on any atom is -0.508 e. The molecular formula is C30H33N5O4. The van der Waals surface area contributed by atoms with Crippen LogP contribution in [0.5, 0.6) is 0 Å². The fourth-order valence-corrected chi connectivity index (χ4v) is 4.74. The van der Waals surface area contributed by atoms with Gasteiger partial charge in [-0.25, -0.2) is 9.97 Å². The molecule has 2 aromatic heterocycles. The summed E-state index contributed by atoms with van der Waals surface area (Å²) in [5.41, 5.74) is 1.69. The maximum absolute atomic E-state index is 11.6. The first-order valence-corrected chi connectivity index (χ1v) is 13.2. The summed E-state index contributed by atoms with van der Waals surface area (Å²) in [6.07, 6.45) is 12.3. The van der Waals surface area contributed by atoms with Crippen LogP contribution >= 0.6 is 0 Å². The normalized spacial score (nSPS) is 17.7. The standard InChI is InChI=1S/C30H33N5O4/c1-30(2,29(37)38)22-11-9-20(10-12-22)21-13-14-32-26(16-21)33-27-17-31-18-28(34-27)35-15-5-6-23(19-35)39-25-8-4-3-7-24(25)36/h4,8-14,16-18,23,36H,3,5-7,15,19H2,1-2H3,(H,37,38)(H,32,33,34). The lowest BCUT2D eigenvalue weighted by molar-refractivity contribution is -0.142. The summed E-state index contributed by atoms with van der Waals surface area (Å²) in [5.74, 6) is 1.98. The van der Waals surface area contributed by atoms with Crippen molar-refractivity contribution in [1.29, 1.82) is 0 Å². The Bertz CT molecular complexity index is 1400. The third kappa shape index (κ3) is 6.03. The molecule has 202 valence electrons. The van der Waals surface area contributed by atoms with Gasteiger partial charge in [-0.1, -0.05) is 30.3 Å². The second-order valence-electron chi connectivity index (χ2n) is 10.4. The molecular weight excluding hydrogens is 494 g/mol. The van der Waals surface area contributed by atoms with E-state index in [1.165, 1.54) is 0 Å². The van der Waals surface area contributed by atoms with Gasteiger partial charge in [0.25, 0.3) is 0 Å². The molecule has 1 aromatic carbocycles. The molecule has 0 saturated carbocycles. The van der Waals surface area contributed by atoms with Gasteiger partial charge in [-0.3, -0.25) is 9.78 Å². The highest BCUT2D eigenvalue weighted by atomic mass is 16.5. The number of aliphatic hydroxyl groups is 1. The molecule has 3 N–H and O–H groups in total. The molecule has 9 heteroatoms. The molecule has 3 heterocycles. The third-order valence-corrected chi connectivity index (χ3v) is 7.21. The van der Waals surface area contributed by atoms with Crippen molar-refractivity contribution in [2.45, 2.75) is 51.0 Å². The zero-order chi connectivity index (χ0) is 27.4. The highest BCUT2D eigenvalue weighted by Crippen LogP contribution is 2.29. The quantitative estimate of drug-likeness (QED) is 0.336. The largest absolute Gasteiger partial charge is 0.508 e. The number of benzene rings is 1. The number of aliphatic carboxylic acids is 1. The number of rotatable bonds is 8. The molecule has 39 heavy (non-hydrogen) atoms. The van der Waals surface area contributed by atoms with Crippen molar-refractivity contribution in [2.75, 3.05) is 23.3 Å². The van der Waals surface area contributed by atoms with Crippen LogP contribution in [0.3, 0.4) is 0 Å². The number of ether oxygens (including phenoxy) is 1. The topological polar surface area (TPSA) is 121 Å². The molecule has 0 amide bonds. The number of hydrogen-bond acceptors (Lipinski definition) is 8. The van der Waals surface area contributed by atoms with Crippen molar-refractivity contribution < 1.29 is 19.7 Å². The summed E-state index contributed by atoms with van der Waals surface area (Å²) in [5, 5.41) is 22.9. The lowest BCUT2D eigenvalue weighted by Crippen LogP contribution is -2.40. The van der Waals surface area contributed by atoms with E-state index in [0.29, 0.717) is 36.1 Å². The van der Waals surface area contributed by atoms with Crippen LogP contribution in [0.1, 0.15) is 45.1 Å². The zero-order valence-electron chi connectivity index (χ0n) is 22.2. The highest BCUT2D eigenvalue weighted by Gasteiger charge is 2.29. The van der Waals surface area contributed by atoms with E-state index in [1.54, 1.807) is 32.4 Å². The summed E-state index contributed by atoms with van der Waals surface area (Å²) < 4.78 is 6.11. The lowest BCUT2D eigenvalue weighted by Gasteiger charge is -2.34. The van der Waals surface area contributed by atoms with Gasteiger partial charge in [-0.05, 0) is 68.0 Å². The predicted molar refractivity (Wildman–Crippen MR) is 150 cm³/mol. The predicted octanol–water partition coefficient (Wildman–Crippen LogP) is 5.75. The van der Waals surface area contributed by atoms with Gasteiger partial charge in [0.1, 0.15) is 23.5 Å². The van der Waals surface area contributed by atoms with Gasteiger partial charge in [0.05, 0.1) is 24.4 Å². The molecule has 0 radical (unpaired) electrons. The first-order chi connectivity index (χ1) is 18.8. The minimum absolute atomic E-state index is 0.0390. The lowest BCUT2D eigenvalue weighted by atomic mass is 9.84. The Morgan fingerprint density at radius 1 is 1.13 bits per heavy atom. The first kappa shape index (κ1) is 26.2. The Labute approximate surface area is 227 Å². The van der Waals surface area contributed by atoms with Gasteiger partial charge < -0.3 is 25.2 Å². The van der Waals surface area contributed by atoms with Crippen LogP contribution in [-0.4, -0.2) is 50.3 Å². The molecule has 1 aliphatic carbocycles. The molecule has 1 atom stereocenters. The van der Waals surface area contributed by atoms with E-state index in [0.717, 1.165) is 48.3 Å². The van der Waals surface area contributed by atoms with Gasteiger partial charge in [0.2, 0.25) is 0 Å². The zero-order valence-corrected chi connectivity index (χ0v) is 22.2. The first-order valence-electron chi connectivity index (χ1n) is 13.2. The monoisotopic (exact) mass is 527 g/mol. The van der Waals surface area contributed by atoms with Crippen LogP contribution in [0.2, 0.25) is 0 Å². The maximum Gasteiger partial charge on any atom is 0.313 e. The summed E-state index contributed by atoms with van der Waals surface area (Å²) in [6, 6.07) is 11.4. The number of hydrogen-bond donors (Lipinski definition) is 3. The van der Waals surface area contributed by atoms with E-state index >= 15 is 0 Å². The molecule has 1 fully saturated rings. The highest BCUT2D eigenvalue weighted by molar-refractivity contribution is 5.80. The SMILES string of the molecule is CC(C)(C(=O)O)c1ccc(-c2ccnc(Nc3cncc(N4CCCC(OC5=C(O)CCC=C5)C4)n3)c2)cc1. The molecule has 2 aliphatic rings. The summed E-state index contributed by atoms with van der Waals surface area (Å²) in [7, 11) is 0. The van der Waals surface area contributed by atoms with Crippen molar-refractivity contribution in [1.82, 2.24) is 15.0 Å². The van der Waals surface area contributed by atoms with Gasteiger partial charge in [-0.15, -0.1) is 0 Å². The van der Waals surface area contributed by atoms with E-state index in [9.17, 15) is 15.0 Å². The number of anilines is 3. The number of carboxylic acid groups (broad SMARTS) is 1. The van der Waals surface area contributed by atoms with Crippen molar-refractivity contribution >= 4 is 23.4 Å². The van der Waals surface area contributed by atoms with E-state index in [1.807, 2.05) is 48.6 Å². The molecule has 0 bridgehead atoms. The molecule has 1 unspecified atom stereocenters. The smallest absolute Gasteiger partial charge is 0.313 e. The van der Waals surface area contributed by atoms with Crippen molar-refractivity contribution in [2.24, 2.45) is 0 Å². The summed E-state index contributed by atoms with van der Waals surface area (Å²) in [6.45, 7) is 4.90. The fourth-order valence-electron chi connectivity index (χ4n) is 4.74. The van der Waals surface area contributed by atoms with E-state index in [-0.39, 0.29) is 6.10 Å². The van der Waals surface area contributed by atoms with Crippen LogP contribution < -0.4 is 10.2 Å². The van der Waals surface area contributed by atoms with Crippen LogP contribution in [0.15, 0.2) is 78.7 Å². The number of allylic oxidation sites excluding steroid dienone is 3. The summed E-state index contributed by atoms with van der Waals surface area (Å²) in [4.78, 5) is 27.3. The second-order valence-corrected chi connectivity index (χ2v) is 10.4. The van der Waals surface area contributed by atoms with Crippen LogP contribution in [-0.2, 0) is 14.9 Å². The third-order valence-electron chi connectivity index (χ3n) is 7.21. The van der Waals surface area contributed by atoms with Gasteiger partial charge in [0, 0.05) is 19.2 Å². The van der Waals surface area contributed by atoms with Crippen LogP contribution in [0.4, 0.5) is 17.5 Å². The van der Waals surface area contributed by atoms with Crippen molar-refractivity contribution in [3.8, 4) is 11.1 Å². The number of nitrogens with zero attached hydrogens (tertiary/aromatic N) is 4. The number of aliphatic hydroxyl groups excluding tert-OH is 1. The Morgan fingerprint density at radius 3 is 2.72 bits per heavy atom. The number of nitrogens with one attached hydrogen (secondary N) is 1. The number of piperidine rings is 1. The Balaban J connectivity index is 1.27. The van der Waals surface area contributed by atoms with Gasteiger partial charge >= 0.3 is 5.97 Å². The van der Waals surface area contributed by atoms with Gasteiger partial charge in [-0.2, -0.15) is 0 Å². The number of carbonyl (C=O) groups is 1. The van der Waals surface area contributed by atoms with E-state index in [2.05, 4.69) is 20.2 Å². The molecule has 3 aromatic rings. The molecule has 9 nitrogen and oxygen atoms in total. The Kier molecular flexibility index (Phi) is 7.49. The van der Waals surface area contributed by atoms with E-state index in [4.69, 9.17) is 9.72 Å². The van der Waals surface area contributed by atoms with Crippen LogP contribution in [0, 0.1) is 0 Å². The van der Waals surface area contributed by atoms with Crippen molar-refractivity contribution in [3.63, 3.8) is 0 Å². The number of carboxylic acids is 1.